The van der Waals surface area contributed by atoms with Crippen LogP contribution in [0.5, 0.6) is 17.2 Å². The van der Waals surface area contributed by atoms with Crippen molar-refractivity contribution >= 4 is 22.4 Å². The van der Waals surface area contributed by atoms with Crippen LogP contribution in [-0.4, -0.2) is 41.5 Å². The minimum Gasteiger partial charge on any atom is -0.496 e. The summed E-state index contributed by atoms with van der Waals surface area (Å²) in [5.41, 5.74) is -1.51. The summed E-state index contributed by atoms with van der Waals surface area (Å²) in [6.07, 6.45) is 0. The molecule has 0 N–H and O–H groups in total. The van der Waals surface area contributed by atoms with Crippen molar-refractivity contribution in [3.05, 3.63) is 38.4 Å². The number of aromatic nitrogens is 2. The van der Waals surface area contributed by atoms with Gasteiger partial charge in [0.2, 0.25) is 5.52 Å². The zero-order valence-electron chi connectivity index (χ0n) is 14.3. The Morgan fingerprint density at radius 1 is 0.815 bits per heavy atom. The van der Waals surface area contributed by atoms with Gasteiger partial charge in [-0.1, -0.05) is 0 Å². The van der Waals surface area contributed by atoms with Crippen LogP contribution in [0.25, 0.3) is 22.2 Å². The van der Waals surface area contributed by atoms with Gasteiger partial charge in [-0.2, -0.15) is 0 Å². The minimum atomic E-state index is -0.800. The third-order valence-electron chi connectivity index (χ3n) is 3.86. The van der Waals surface area contributed by atoms with Crippen molar-refractivity contribution in [3.63, 3.8) is 0 Å². The number of nitrogens with zero attached hydrogens (tertiary/aromatic N) is 4. The summed E-state index contributed by atoms with van der Waals surface area (Å²) < 4.78 is 20.4. The summed E-state index contributed by atoms with van der Waals surface area (Å²) in [7, 11) is 4.14. The van der Waals surface area contributed by atoms with Gasteiger partial charge in [-0.3, -0.25) is 20.2 Å². The van der Waals surface area contributed by atoms with E-state index in [2.05, 4.69) is 14.9 Å². The number of fused-ring (bicyclic) bond motifs is 1. The van der Waals surface area contributed by atoms with Gasteiger partial charge in [0.25, 0.3) is 5.69 Å². The number of nitro groups is 2. The average Bonchev–Trinajstić information content (AvgIpc) is 3.14. The quantitative estimate of drug-likeness (QED) is 0.463. The fourth-order valence-corrected chi connectivity index (χ4v) is 2.69. The van der Waals surface area contributed by atoms with Crippen molar-refractivity contribution < 1.29 is 28.7 Å². The molecule has 0 saturated heterocycles. The van der Waals surface area contributed by atoms with Crippen LogP contribution in [-0.2, 0) is 0 Å². The smallest absolute Gasteiger partial charge is 0.307 e. The van der Waals surface area contributed by atoms with Crippen LogP contribution in [0.15, 0.2) is 22.8 Å². The Hall–Kier alpha value is -3.96. The van der Waals surface area contributed by atoms with E-state index in [0.717, 1.165) is 6.07 Å². The van der Waals surface area contributed by atoms with Gasteiger partial charge in [0.15, 0.2) is 5.52 Å². The molecule has 0 fully saturated rings. The lowest BCUT2D eigenvalue weighted by Gasteiger charge is -2.15. The number of benzene rings is 2. The van der Waals surface area contributed by atoms with Crippen molar-refractivity contribution in [3.8, 4) is 28.4 Å². The second-order valence-electron chi connectivity index (χ2n) is 5.17. The highest BCUT2D eigenvalue weighted by Gasteiger charge is 2.33. The SMILES string of the molecule is COc1cc(OC)c(-c2c([N+](=O)[O-])cc([N+](=O)[O-])c3nonc23)c(OC)c1. The van der Waals surface area contributed by atoms with E-state index in [1.54, 1.807) is 0 Å². The number of nitro benzene ring substituents is 2. The summed E-state index contributed by atoms with van der Waals surface area (Å²) in [6.45, 7) is 0. The second kappa shape index (κ2) is 6.74. The van der Waals surface area contributed by atoms with E-state index in [-0.39, 0.29) is 33.7 Å². The molecule has 3 rings (SSSR count). The van der Waals surface area contributed by atoms with E-state index < -0.39 is 21.2 Å². The first-order valence-corrected chi connectivity index (χ1v) is 7.31. The van der Waals surface area contributed by atoms with Gasteiger partial charge in [-0.05, 0) is 10.3 Å². The van der Waals surface area contributed by atoms with Crippen molar-refractivity contribution in [1.82, 2.24) is 10.3 Å². The summed E-state index contributed by atoms with van der Waals surface area (Å²) in [4.78, 5) is 21.4. The summed E-state index contributed by atoms with van der Waals surface area (Å²) in [6, 6.07) is 3.77. The Labute approximate surface area is 150 Å². The molecule has 12 nitrogen and oxygen atoms in total. The van der Waals surface area contributed by atoms with E-state index in [0.29, 0.717) is 5.75 Å². The highest BCUT2D eigenvalue weighted by molar-refractivity contribution is 6.04. The van der Waals surface area contributed by atoms with E-state index in [9.17, 15) is 20.2 Å². The Morgan fingerprint density at radius 2 is 1.37 bits per heavy atom. The van der Waals surface area contributed by atoms with Crippen molar-refractivity contribution in [1.29, 1.82) is 0 Å². The van der Waals surface area contributed by atoms with Crippen LogP contribution in [0.1, 0.15) is 0 Å². The maximum absolute atomic E-state index is 11.7. The van der Waals surface area contributed by atoms with Gasteiger partial charge in [-0.25, -0.2) is 4.63 Å². The predicted octanol–water partition coefficient (Wildman–Crippen LogP) is 2.73. The first kappa shape index (κ1) is 17.8. The highest BCUT2D eigenvalue weighted by atomic mass is 16.6. The maximum Gasteiger partial charge on any atom is 0.307 e. The van der Waals surface area contributed by atoms with Gasteiger partial charge in [0, 0.05) is 12.1 Å². The molecular weight excluding hydrogens is 364 g/mol. The number of non-ortho nitro benzene ring substituents is 1. The van der Waals surface area contributed by atoms with Crippen LogP contribution in [0.2, 0.25) is 0 Å². The van der Waals surface area contributed by atoms with Crippen molar-refractivity contribution in [2.45, 2.75) is 0 Å². The third-order valence-corrected chi connectivity index (χ3v) is 3.86. The van der Waals surface area contributed by atoms with E-state index in [1.165, 1.54) is 33.5 Å². The molecule has 0 bridgehead atoms. The Balaban J connectivity index is 2.50. The monoisotopic (exact) mass is 376 g/mol. The highest BCUT2D eigenvalue weighted by Crippen LogP contribution is 2.49. The molecule has 140 valence electrons. The Morgan fingerprint density at radius 3 is 1.85 bits per heavy atom. The number of hydrogen-bond donors (Lipinski definition) is 0. The normalized spacial score (nSPS) is 10.6. The summed E-state index contributed by atoms with van der Waals surface area (Å²) >= 11 is 0. The van der Waals surface area contributed by atoms with Gasteiger partial charge < -0.3 is 14.2 Å². The lowest BCUT2D eigenvalue weighted by atomic mass is 9.98. The molecule has 27 heavy (non-hydrogen) atoms. The van der Waals surface area contributed by atoms with Gasteiger partial charge in [-0.15, -0.1) is 0 Å². The molecule has 2 aromatic carbocycles. The standard InChI is InChI=1S/C15H12N4O8/c1-24-7-4-10(25-2)13(11(5-7)26-3)12-8(18(20)21)6-9(19(22)23)14-15(12)17-27-16-14/h4-6H,1-3H3. The van der Waals surface area contributed by atoms with E-state index in [4.69, 9.17) is 14.2 Å². The Kier molecular flexibility index (Phi) is 4.46. The molecule has 0 saturated carbocycles. The van der Waals surface area contributed by atoms with Crippen molar-refractivity contribution in [2.24, 2.45) is 0 Å². The molecule has 0 radical (unpaired) electrons. The summed E-state index contributed by atoms with van der Waals surface area (Å²) in [5.74, 6) is 0.728. The topological polar surface area (TPSA) is 153 Å². The number of hydrogen-bond acceptors (Lipinski definition) is 10. The minimum absolute atomic E-state index is 0.0850. The second-order valence-corrected chi connectivity index (χ2v) is 5.17. The van der Waals surface area contributed by atoms with E-state index >= 15 is 0 Å². The number of rotatable bonds is 6. The van der Waals surface area contributed by atoms with Gasteiger partial charge >= 0.3 is 5.69 Å². The van der Waals surface area contributed by atoms with Crippen LogP contribution in [0.3, 0.4) is 0 Å². The molecule has 0 amide bonds. The molecule has 0 aliphatic heterocycles. The largest absolute Gasteiger partial charge is 0.496 e. The molecule has 1 heterocycles. The average molecular weight is 376 g/mol. The fourth-order valence-electron chi connectivity index (χ4n) is 2.69. The molecule has 0 unspecified atom stereocenters. The first-order valence-electron chi connectivity index (χ1n) is 7.31. The van der Waals surface area contributed by atoms with Gasteiger partial charge in [0.05, 0.1) is 48.4 Å². The van der Waals surface area contributed by atoms with Crippen LogP contribution >= 0.6 is 0 Å². The molecule has 0 aliphatic rings. The molecule has 0 aliphatic carbocycles. The molecule has 3 aromatic rings. The molecule has 1 aromatic heterocycles. The molecule has 12 heteroatoms. The predicted molar refractivity (Wildman–Crippen MR) is 90.2 cm³/mol. The summed E-state index contributed by atoms with van der Waals surface area (Å²) in [5, 5.41) is 30.1. The first-order chi connectivity index (χ1) is 12.9. The maximum atomic E-state index is 11.7. The lowest BCUT2D eigenvalue weighted by Crippen LogP contribution is -2.01. The van der Waals surface area contributed by atoms with E-state index in [1.807, 2.05) is 0 Å². The van der Waals surface area contributed by atoms with Crippen LogP contribution in [0, 0.1) is 20.2 Å². The van der Waals surface area contributed by atoms with Crippen LogP contribution in [0.4, 0.5) is 11.4 Å². The molecule has 0 atom stereocenters. The molecule has 0 spiro atoms. The zero-order valence-corrected chi connectivity index (χ0v) is 14.3. The lowest BCUT2D eigenvalue weighted by molar-refractivity contribution is -0.392. The van der Waals surface area contributed by atoms with Gasteiger partial charge in [0.1, 0.15) is 17.2 Å². The third kappa shape index (κ3) is 2.82. The van der Waals surface area contributed by atoms with Crippen LogP contribution < -0.4 is 14.2 Å². The zero-order chi connectivity index (χ0) is 19.7. The number of ether oxygens (including phenoxy) is 3. The van der Waals surface area contributed by atoms with Crippen molar-refractivity contribution in [2.75, 3.05) is 21.3 Å². The fraction of sp³-hybridized carbons (Fsp3) is 0.200. The Bertz CT molecular complexity index is 1040. The number of methoxy groups -OCH3 is 3. The molecular formula is C15H12N4O8.